The van der Waals surface area contributed by atoms with Crippen LogP contribution in [-0.2, 0) is 13.0 Å². The number of nitrogens with zero attached hydrogens (tertiary/aromatic N) is 2. The summed E-state index contributed by atoms with van der Waals surface area (Å²) >= 11 is 0. The predicted molar refractivity (Wildman–Crippen MR) is 62.7 cm³/mol. The third-order valence-electron chi connectivity index (χ3n) is 3.37. The Morgan fingerprint density at radius 1 is 1.59 bits per heavy atom. The van der Waals surface area contributed by atoms with Crippen LogP contribution in [0.15, 0.2) is 22.9 Å². The Labute approximate surface area is 99.9 Å². The van der Waals surface area contributed by atoms with Crippen LogP contribution in [0.5, 0.6) is 0 Å². The molecular formula is C13H16N2O2. The summed E-state index contributed by atoms with van der Waals surface area (Å²) in [5.41, 5.74) is 3.25. The molecule has 17 heavy (non-hydrogen) atoms. The molecule has 1 aliphatic rings. The van der Waals surface area contributed by atoms with Crippen LogP contribution in [0.3, 0.4) is 0 Å². The van der Waals surface area contributed by atoms with Gasteiger partial charge in [-0.2, -0.15) is 0 Å². The molecule has 0 saturated heterocycles. The molecule has 2 aromatic heterocycles. The topological polar surface area (TPSA) is 51.2 Å². The van der Waals surface area contributed by atoms with Gasteiger partial charge in [0.1, 0.15) is 11.5 Å². The van der Waals surface area contributed by atoms with Crippen LogP contribution in [-0.4, -0.2) is 14.8 Å². The van der Waals surface area contributed by atoms with Gasteiger partial charge >= 0.3 is 0 Å². The van der Waals surface area contributed by atoms with Crippen molar-refractivity contribution in [2.75, 3.05) is 0 Å². The predicted octanol–water partition coefficient (Wildman–Crippen LogP) is 2.20. The lowest BCUT2D eigenvalue weighted by Gasteiger charge is -2.19. The van der Waals surface area contributed by atoms with E-state index in [1.165, 1.54) is 5.69 Å². The van der Waals surface area contributed by atoms with Gasteiger partial charge in [0.05, 0.1) is 12.6 Å². The van der Waals surface area contributed by atoms with E-state index >= 15 is 0 Å². The van der Waals surface area contributed by atoms with Crippen molar-refractivity contribution in [3.8, 4) is 0 Å². The van der Waals surface area contributed by atoms with Crippen molar-refractivity contribution in [3.05, 3.63) is 41.0 Å². The molecular weight excluding hydrogens is 216 g/mol. The van der Waals surface area contributed by atoms with E-state index in [9.17, 15) is 5.11 Å². The van der Waals surface area contributed by atoms with E-state index in [1.54, 1.807) is 0 Å². The Morgan fingerprint density at radius 2 is 2.47 bits per heavy atom. The molecule has 1 unspecified atom stereocenters. The average Bonchev–Trinajstić information content (AvgIpc) is 2.88. The molecule has 4 heteroatoms. The highest BCUT2D eigenvalue weighted by molar-refractivity contribution is 5.28. The van der Waals surface area contributed by atoms with Crippen molar-refractivity contribution in [1.29, 1.82) is 0 Å². The maximum Gasteiger partial charge on any atom is 0.133 e. The summed E-state index contributed by atoms with van der Waals surface area (Å²) in [5, 5.41) is 13.9. The van der Waals surface area contributed by atoms with Crippen molar-refractivity contribution >= 4 is 0 Å². The third-order valence-corrected chi connectivity index (χ3v) is 3.37. The number of aliphatic hydroxyl groups excluding tert-OH is 1. The Hall–Kier alpha value is -1.55. The molecule has 0 aromatic carbocycles. The highest BCUT2D eigenvalue weighted by atomic mass is 16.5. The largest absolute Gasteiger partial charge is 0.388 e. The molecule has 0 amide bonds. The minimum absolute atomic E-state index is 0.293. The maximum absolute atomic E-state index is 9.90. The molecule has 90 valence electrons. The van der Waals surface area contributed by atoms with Crippen molar-refractivity contribution in [3.63, 3.8) is 0 Å². The molecule has 3 rings (SSSR count). The monoisotopic (exact) mass is 232 g/mol. The first-order chi connectivity index (χ1) is 8.24. The van der Waals surface area contributed by atoms with Gasteiger partial charge < -0.3 is 14.2 Å². The summed E-state index contributed by atoms with van der Waals surface area (Å²) in [6.07, 6.45) is 4.70. The zero-order chi connectivity index (χ0) is 11.8. The number of hydrogen-bond donors (Lipinski definition) is 1. The van der Waals surface area contributed by atoms with Crippen molar-refractivity contribution in [1.82, 2.24) is 9.72 Å². The zero-order valence-electron chi connectivity index (χ0n) is 9.89. The first-order valence-electron chi connectivity index (χ1n) is 6.02. The third kappa shape index (κ3) is 1.89. The molecule has 0 saturated carbocycles. The highest BCUT2D eigenvalue weighted by Crippen LogP contribution is 2.30. The molecule has 1 atom stereocenters. The molecule has 0 fully saturated rings. The molecule has 2 aromatic rings. The van der Waals surface area contributed by atoms with Gasteiger partial charge in [0.2, 0.25) is 0 Å². The Balaban J connectivity index is 1.89. The number of hydrogen-bond acceptors (Lipinski definition) is 3. The van der Waals surface area contributed by atoms with Crippen LogP contribution in [0.2, 0.25) is 0 Å². The lowest BCUT2D eigenvalue weighted by Crippen LogP contribution is -2.12. The van der Waals surface area contributed by atoms with Crippen molar-refractivity contribution < 1.29 is 9.63 Å². The van der Waals surface area contributed by atoms with Crippen LogP contribution in [0, 0.1) is 6.92 Å². The SMILES string of the molecule is Cc1cc(Cn2ccc3c2CCCC3O)no1. The van der Waals surface area contributed by atoms with E-state index in [0.717, 1.165) is 42.8 Å². The van der Waals surface area contributed by atoms with E-state index in [2.05, 4.69) is 9.72 Å². The second kappa shape index (κ2) is 4.04. The van der Waals surface area contributed by atoms with Gasteiger partial charge in [-0.15, -0.1) is 0 Å². The van der Waals surface area contributed by atoms with Crippen LogP contribution in [0.4, 0.5) is 0 Å². The fourth-order valence-electron chi connectivity index (χ4n) is 2.55. The molecule has 0 spiro atoms. The minimum Gasteiger partial charge on any atom is -0.388 e. The number of aliphatic hydroxyl groups is 1. The quantitative estimate of drug-likeness (QED) is 0.863. The van der Waals surface area contributed by atoms with Gasteiger partial charge in [0.25, 0.3) is 0 Å². The maximum atomic E-state index is 9.90. The van der Waals surface area contributed by atoms with Gasteiger partial charge in [-0.1, -0.05) is 5.16 Å². The van der Waals surface area contributed by atoms with Crippen LogP contribution < -0.4 is 0 Å². The lowest BCUT2D eigenvalue weighted by molar-refractivity contribution is 0.155. The summed E-state index contributed by atoms with van der Waals surface area (Å²) in [7, 11) is 0. The summed E-state index contributed by atoms with van der Waals surface area (Å²) in [5.74, 6) is 0.834. The normalized spacial score (nSPS) is 19.3. The molecule has 1 N–H and O–H groups in total. The second-order valence-corrected chi connectivity index (χ2v) is 4.68. The van der Waals surface area contributed by atoms with Crippen LogP contribution in [0.25, 0.3) is 0 Å². The van der Waals surface area contributed by atoms with Gasteiger partial charge in [-0.3, -0.25) is 0 Å². The first kappa shape index (κ1) is 10.6. The van der Waals surface area contributed by atoms with Crippen LogP contribution >= 0.6 is 0 Å². The Kier molecular flexibility index (Phi) is 2.52. The summed E-state index contributed by atoms with van der Waals surface area (Å²) in [6.45, 7) is 2.62. The smallest absolute Gasteiger partial charge is 0.133 e. The molecule has 2 heterocycles. The average molecular weight is 232 g/mol. The fourth-order valence-corrected chi connectivity index (χ4v) is 2.55. The van der Waals surface area contributed by atoms with E-state index < -0.39 is 0 Å². The van der Waals surface area contributed by atoms with Gasteiger partial charge in [-0.05, 0) is 32.3 Å². The number of rotatable bonds is 2. The number of aryl methyl sites for hydroxylation is 1. The Morgan fingerprint density at radius 3 is 3.24 bits per heavy atom. The zero-order valence-corrected chi connectivity index (χ0v) is 9.89. The Bertz CT molecular complexity index is 527. The molecule has 0 bridgehead atoms. The van der Waals surface area contributed by atoms with Crippen LogP contribution in [0.1, 0.15) is 41.7 Å². The van der Waals surface area contributed by atoms with Gasteiger partial charge in [0.15, 0.2) is 0 Å². The summed E-state index contributed by atoms with van der Waals surface area (Å²) in [4.78, 5) is 0. The summed E-state index contributed by atoms with van der Waals surface area (Å²) in [6, 6.07) is 3.97. The van der Waals surface area contributed by atoms with Crippen molar-refractivity contribution in [2.24, 2.45) is 0 Å². The van der Waals surface area contributed by atoms with E-state index in [1.807, 2.05) is 25.3 Å². The molecule has 1 aliphatic carbocycles. The number of aromatic nitrogens is 2. The fraction of sp³-hybridized carbons (Fsp3) is 0.462. The molecule has 0 radical (unpaired) electrons. The summed E-state index contributed by atoms with van der Waals surface area (Å²) < 4.78 is 7.23. The van der Waals surface area contributed by atoms with Gasteiger partial charge in [-0.25, -0.2) is 0 Å². The standard InChI is InChI=1S/C13H16N2O2/c1-9-7-10(14-17-9)8-15-6-5-11-12(15)3-2-4-13(11)16/h5-7,13,16H,2-4,8H2,1H3. The highest BCUT2D eigenvalue weighted by Gasteiger charge is 2.21. The van der Waals surface area contributed by atoms with E-state index in [4.69, 9.17) is 4.52 Å². The van der Waals surface area contributed by atoms with E-state index in [0.29, 0.717) is 0 Å². The molecule has 0 aliphatic heterocycles. The van der Waals surface area contributed by atoms with E-state index in [-0.39, 0.29) is 6.10 Å². The number of fused-ring (bicyclic) bond motifs is 1. The van der Waals surface area contributed by atoms with Gasteiger partial charge in [0, 0.05) is 23.5 Å². The lowest BCUT2D eigenvalue weighted by atomic mass is 9.95. The van der Waals surface area contributed by atoms with Crippen molar-refractivity contribution in [2.45, 2.75) is 38.8 Å². The molecule has 4 nitrogen and oxygen atoms in total. The minimum atomic E-state index is -0.293. The first-order valence-corrected chi connectivity index (χ1v) is 6.02. The second-order valence-electron chi connectivity index (χ2n) is 4.68.